The van der Waals surface area contributed by atoms with Crippen molar-refractivity contribution in [2.45, 2.75) is 19.8 Å². The van der Waals surface area contributed by atoms with Crippen LogP contribution in [0.2, 0.25) is 5.02 Å². The van der Waals surface area contributed by atoms with E-state index in [0.717, 1.165) is 21.3 Å². The van der Waals surface area contributed by atoms with Crippen LogP contribution in [-0.2, 0) is 0 Å². The van der Waals surface area contributed by atoms with Crippen LogP contribution in [-0.4, -0.2) is 5.16 Å². The molecule has 3 nitrogen and oxygen atoms in total. The number of rotatable bonds is 2. The average Bonchev–Trinajstić information content (AvgIpc) is 2.64. The van der Waals surface area contributed by atoms with Crippen LogP contribution in [0.4, 0.5) is 5.88 Å². The van der Waals surface area contributed by atoms with Gasteiger partial charge >= 0.3 is 0 Å². The molecule has 17 heavy (non-hydrogen) atoms. The molecule has 0 aliphatic rings. The molecule has 2 aromatic rings. The van der Waals surface area contributed by atoms with Gasteiger partial charge in [0.25, 0.3) is 0 Å². The van der Waals surface area contributed by atoms with Crippen molar-refractivity contribution in [3.05, 3.63) is 33.3 Å². The lowest BCUT2D eigenvalue weighted by atomic mass is 9.99. The molecule has 0 aliphatic heterocycles. The van der Waals surface area contributed by atoms with Crippen LogP contribution in [0.5, 0.6) is 0 Å². The fourth-order valence-corrected chi connectivity index (χ4v) is 2.35. The lowest BCUT2D eigenvalue weighted by Crippen LogP contribution is -1.95. The number of hydrogen-bond donors (Lipinski definition) is 1. The minimum Gasteiger partial charge on any atom is -0.367 e. The van der Waals surface area contributed by atoms with Gasteiger partial charge in [0.2, 0.25) is 5.88 Å². The number of aromatic nitrogens is 1. The fourth-order valence-electron chi connectivity index (χ4n) is 1.74. The first kappa shape index (κ1) is 12.5. The topological polar surface area (TPSA) is 52.0 Å². The Hall–Kier alpha value is -1.00. The summed E-state index contributed by atoms with van der Waals surface area (Å²) in [5, 5.41) is 4.67. The standard InChI is InChI=1S/C12H12BrClN2O/c1-6(2)10-11(16-17-12(10)15)8-5-7(14)3-4-9(8)13/h3-6H,15H2,1-2H3. The lowest BCUT2D eigenvalue weighted by Gasteiger charge is -2.07. The van der Waals surface area contributed by atoms with Gasteiger partial charge in [-0.25, -0.2) is 0 Å². The SMILES string of the molecule is CC(C)c1c(-c2cc(Cl)ccc2Br)noc1N. The second-order valence-electron chi connectivity index (χ2n) is 4.09. The highest BCUT2D eigenvalue weighted by atomic mass is 79.9. The van der Waals surface area contributed by atoms with E-state index in [4.69, 9.17) is 21.9 Å². The third-order valence-electron chi connectivity index (χ3n) is 2.52. The van der Waals surface area contributed by atoms with Gasteiger partial charge in [-0.3, -0.25) is 0 Å². The molecule has 0 aliphatic carbocycles. The van der Waals surface area contributed by atoms with Gasteiger partial charge in [-0.1, -0.05) is 46.5 Å². The van der Waals surface area contributed by atoms with Crippen molar-refractivity contribution in [3.63, 3.8) is 0 Å². The van der Waals surface area contributed by atoms with Gasteiger partial charge in [-0.05, 0) is 24.1 Å². The molecule has 0 atom stereocenters. The molecule has 2 N–H and O–H groups in total. The van der Waals surface area contributed by atoms with E-state index in [1.54, 1.807) is 0 Å². The second-order valence-corrected chi connectivity index (χ2v) is 5.38. The first-order valence-corrected chi connectivity index (χ1v) is 6.38. The number of hydrogen-bond acceptors (Lipinski definition) is 3. The van der Waals surface area contributed by atoms with Crippen LogP contribution < -0.4 is 5.73 Å². The highest BCUT2D eigenvalue weighted by Gasteiger charge is 2.20. The Kier molecular flexibility index (Phi) is 3.45. The summed E-state index contributed by atoms with van der Waals surface area (Å²) >= 11 is 9.47. The maximum atomic E-state index is 5.99. The fraction of sp³-hybridized carbons (Fsp3) is 0.250. The van der Waals surface area contributed by atoms with Crippen LogP contribution in [0.1, 0.15) is 25.3 Å². The first-order valence-electron chi connectivity index (χ1n) is 5.21. The van der Waals surface area contributed by atoms with Crippen molar-refractivity contribution < 1.29 is 4.52 Å². The highest BCUT2D eigenvalue weighted by molar-refractivity contribution is 9.10. The minimum absolute atomic E-state index is 0.238. The van der Waals surface area contributed by atoms with Crippen molar-refractivity contribution in [1.82, 2.24) is 5.16 Å². The molecular formula is C12H12BrClN2O. The maximum absolute atomic E-state index is 5.99. The summed E-state index contributed by atoms with van der Waals surface area (Å²) in [4.78, 5) is 0. The van der Waals surface area contributed by atoms with Crippen molar-refractivity contribution in [1.29, 1.82) is 0 Å². The molecule has 1 heterocycles. The van der Waals surface area contributed by atoms with Crippen LogP contribution in [0.3, 0.4) is 0 Å². The molecule has 0 saturated heterocycles. The molecule has 90 valence electrons. The molecule has 2 rings (SSSR count). The Morgan fingerprint density at radius 2 is 2.12 bits per heavy atom. The number of halogens is 2. The molecule has 0 spiro atoms. The van der Waals surface area contributed by atoms with Crippen LogP contribution in [0.25, 0.3) is 11.3 Å². The zero-order valence-electron chi connectivity index (χ0n) is 9.50. The monoisotopic (exact) mass is 314 g/mol. The molecule has 5 heteroatoms. The Morgan fingerprint density at radius 1 is 1.41 bits per heavy atom. The summed E-state index contributed by atoms with van der Waals surface area (Å²) in [7, 11) is 0. The van der Waals surface area contributed by atoms with Gasteiger partial charge < -0.3 is 10.3 Å². The number of nitrogen functional groups attached to an aromatic ring is 1. The van der Waals surface area contributed by atoms with Gasteiger partial charge in [0.15, 0.2) is 0 Å². The molecule has 0 fully saturated rings. The van der Waals surface area contributed by atoms with E-state index in [0.29, 0.717) is 10.9 Å². The second kappa shape index (κ2) is 4.70. The Labute approximate surface area is 113 Å². The van der Waals surface area contributed by atoms with Crippen molar-refractivity contribution >= 4 is 33.4 Å². The van der Waals surface area contributed by atoms with Gasteiger partial charge in [0.05, 0.1) is 0 Å². The predicted molar refractivity (Wildman–Crippen MR) is 73.2 cm³/mol. The Bertz CT molecular complexity index is 551. The zero-order chi connectivity index (χ0) is 12.6. The minimum atomic E-state index is 0.238. The molecule has 0 radical (unpaired) electrons. The molecule has 0 amide bonds. The van der Waals surface area contributed by atoms with Gasteiger partial charge in [0, 0.05) is 20.6 Å². The Balaban J connectivity index is 2.64. The molecular weight excluding hydrogens is 304 g/mol. The number of benzene rings is 1. The summed E-state index contributed by atoms with van der Waals surface area (Å²) in [5.41, 5.74) is 8.33. The Morgan fingerprint density at radius 3 is 2.76 bits per heavy atom. The molecule has 1 aromatic heterocycles. The highest BCUT2D eigenvalue weighted by Crippen LogP contribution is 2.37. The third-order valence-corrected chi connectivity index (χ3v) is 3.44. The largest absolute Gasteiger partial charge is 0.367 e. The van der Waals surface area contributed by atoms with E-state index in [1.807, 2.05) is 32.0 Å². The third kappa shape index (κ3) is 2.33. The summed E-state index contributed by atoms with van der Waals surface area (Å²) in [5.74, 6) is 0.601. The number of nitrogens with zero attached hydrogens (tertiary/aromatic N) is 1. The average molecular weight is 316 g/mol. The molecule has 0 bridgehead atoms. The van der Waals surface area contributed by atoms with E-state index in [-0.39, 0.29) is 5.92 Å². The van der Waals surface area contributed by atoms with Gasteiger partial charge in [0.1, 0.15) is 5.69 Å². The van der Waals surface area contributed by atoms with Crippen LogP contribution >= 0.6 is 27.5 Å². The summed E-state index contributed by atoms with van der Waals surface area (Å²) in [6.45, 7) is 4.09. The smallest absolute Gasteiger partial charge is 0.226 e. The summed E-state index contributed by atoms with van der Waals surface area (Å²) in [6, 6.07) is 5.54. The summed E-state index contributed by atoms with van der Waals surface area (Å²) in [6.07, 6.45) is 0. The first-order chi connectivity index (χ1) is 8.00. The van der Waals surface area contributed by atoms with Crippen molar-refractivity contribution in [3.8, 4) is 11.3 Å². The van der Waals surface area contributed by atoms with E-state index in [9.17, 15) is 0 Å². The molecule has 0 unspecified atom stereocenters. The van der Waals surface area contributed by atoms with Gasteiger partial charge in [-0.15, -0.1) is 0 Å². The summed E-state index contributed by atoms with van der Waals surface area (Å²) < 4.78 is 5.98. The molecule has 1 aromatic carbocycles. The van der Waals surface area contributed by atoms with E-state index in [1.165, 1.54) is 0 Å². The van der Waals surface area contributed by atoms with Crippen LogP contribution in [0.15, 0.2) is 27.2 Å². The van der Waals surface area contributed by atoms with Crippen molar-refractivity contribution in [2.24, 2.45) is 0 Å². The van der Waals surface area contributed by atoms with Gasteiger partial charge in [-0.2, -0.15) is 0 Å². The van der Waals surface area contributed by atoms with E-state index in [2.05, 4.69) is 21.1 Å². The number of anilines is 1. The predicted octanol–water partition coefficient (Wildman–Crippen LogP) is 4.46. The quantitative estimate of drug-likeness (QED) is 0.890. The van der Waals surface area contributed by atoms with Crippen molar-refractivity contribution in [2.75, 3.05) is 5.73 Å². The normalized spacial score (nSPS) is 11.1. The van der Waals surface area contributed by atoms with E-state index >= 15 is 0 Å². The molecule has 0 saturated carbocycles. The number of nitrogens with two attached hydrogens (primary N) is 1. The lowest BCUT2D eigenvalue weighted by molar-refractivity contribution is 0.438. The maximum Gasteiger partial charge on any atom is 0.226 e. The van der Waals surface area contributed by atoms with E-state index < -0.39 is 0 Å². The zero-order valence-corrected chi connectivity index (χ0v) is 11.8. The van der Waals surface area contributed by atoms with Crippen LogP contribution in [0, 0.1) is 0 Å².